The van der Waals surface area contributed by atoms with Crippen LogP contribution in [0.25, 0.3) is 0 Å². The van der Waals surface area contributed by atoms with Crippen molar-refractivity contribution < 1.29 is 179 Å². The molecule has 0 bridgehead atoms. The molecule has 0 aliphatic rings. The molecule has 0 aromatic carbocycles. The van der Waals surface area contributed by atoms with Gasteiger partial charge >= 0.3 is 154 Å². The minimum Gasteiger partial charge on any atom is -0.822 e. The van der Waals surface area contributed by atoms with Crippen LogP contribution < -0.4 is 169 Å². The van der Waals surface area contributed by atoms with E-state index in [0.717, 1.165) is 6.42 Å². The molecule has 0 aliphatic carbocycles. The maximum Gasteiger partial charge on any atom is 1.00 e. The number of hydrogen-bond donors (Lipinski definition) is 1. The summed E-state index contributed by atoms with van der Waals surface area (Å²) in [6, 6.07) is 0. The molecule has 0 heterocycles. The van der Waals surface area contributed by atoms with E-state index in [1.807, 2.05) is 0 Å². The molecule has 0 spiro atoms. The first-order chi connectivity index (χ1) is 11.4. The van der Waals surface area contributed by atoms with Crippen LogP contribution in [0.2, 0.25) is 0 Å². The summed E-state index contributed by atoms with van der Waals surface area (Å²) in [6.07, 6.45) is 22.2. The SMILES string of the molecule is CCCCCCCCCCCCCCCCCCO.O=P([O-])([O-])[O-].[K+].[K+].[K+]. The van der Waals surface area contributed by atoms with Crippen molar-refractivity contribution in [2.24, 2.45) is 0 Å². The summed E-state index contributed by atoms with van der Waals surface area (Å²) in [5.41, 5.74) is 0. The molecule has 0 unspecified atom stereocenters. The second kappa shape index (κ2) is 35.6. The van der Waals surface area contributed by atoms with E-state index >= 15 is 0 Å². The van der Waals surface area contributed by atoms with E-state index in [-0.39, 0.29) is 154 Å². The molecule has 148 valence electrons. The van der Waals surface area contributed by atoms with Crippen molar-refractivity contribution in [2.75, 3.05) is 6.61 Å². The van der Waals surface area contributed by atoms with Crippen molar-refractivity contribution in [3.63, 3.8) is 0 Å². The Kier molecular flexibility index (Phi) is 55.5. The third-order valence-electron chi connectivity index (χ3n) is 4.01. The zero-order chi connectivity index (χ0) is 18.5. The fourth-order valence-corrected chi connectivity index (χ4v) is 2.66. The smallest absolute Gasteiger partial charge is 0.822 e. The Hall–Kier alpha value is 4.98. The van der Waals surface area contributed by atoms with Crippen molar-refractivity contribution in [1.82, 2.24) is 0 Å². The Labute approximate surface area is 295 Å². The van der Waals surface area contributed by atoms with Crippen molar-refractivity contribution in [3.8, 4) is 0 Å². The molecular formula is C18H38K3O5P. The zero-order valence-electron chi connectivity index (χ0n) is 18.5. The predicted molar refractivity (Wildman–Crippen MR) is 94.2 cm³/mol. The fourth-order valence-electron chi connectivity index (χ4n) is 2.66. The van der Waals surface area contributed by atoms with Crippen LogP contribution in [0.5, 0.6) is 0 Å². The van der Waals surface area contributed by atoms with Gasteiger partial charge < -0.3 is 24.4 Å². The quantitative estimate of drug-likeness (QED) is 0.134. The Morgan fingerprint density at radius 1 is 0.556 bits per heavy atom. The van der Waals surface area contributed by atoms with Crippen LogP contribution in [0, 0.1) is 0 Å². The van der Waals surface area contributed by atoms with E-state index < -0.39 is 7.82 Å². The van der Waals surface area contributed by atoms with Gasteiger partial charge in [-0.15, -0.1) is 0 Å². The summed E-state index contributed by atoms with van der Waals surface area (Å²) < 4.78 is 8.55. The first-order valence-corrected chi connectivity index (χ1v) is 11.2. The molecule has 9 heteroatoms. The topological polar surface area (TPSA) is 106 Å². The summed E-state index contributed by atoms with van der Waals surface area (Å²) in [5.74, 6) is 0. The number of phosphoric acid groups is 1. The summed E-state index contributed by atoms with van der Waals surface area (Å²) in [4.78, 5) is 25.6. The second-order valence-electron chi connectivity index (χ2n) is 6.47. The number of hydrogen-bond acceptors (Lipinski definition) is 5. The number of rotatable bonds is 16. The Morgan fingerprint density at radius 2 is 0.741 bits per heavy atom. The van der Waals surface area contributed by atoms with Crippen molar-refractivity contribution in [3.05, 3.63) is 0 Å². The Morgan fingerprint density at radius 3 is 0.926 bits per heavy atom. The number of aliphatic hydroxyl groups excluding tert-OH is 1. The summed E-state index contributed by atoms with van der Waals surface area (Å²) in [5, 5.41) is 8.67. The van der Waals surface area contributed by atoms with Crippen LogP contribution >= 0.6 is 7.82 Å². The van der Waals surface area contributed by atoms with E-state index in [4.69, 9.17) is 24.4 Å². The summed E-state index contributed by atoms with van der Waals surface area (Å²) in [7, 11) is -5.39. The molecule has 0 radical (unpaired) electrons. The van der Waals surface area contributed by atoms with Gasteiger partial charge in [-0.25, -0.2) is 0 Å². The van der Waals surface area contributed by atoms with Gasteiger partial charge in [-0.05, 0) is 6.42 Å². The molecule has 5 nitrogen and oxygen atoms in total. The first kappa shape index (κ1) is 42.2. The van der Waals surface area contributed by atoms with E-state index in [0.29, 0.717) is 6.61 Å². The Balaban J connectivity index is -0.000000178. The van der Waals surface area contributed by atoms with Gasteiger partial charge in [0.15, 0.2) is 0 Å². The molecule has 0 amide bonds. The van der Waals surface area contributed by atoms with Crippen molar-refractivity contribution in [2.45, 2.75) is 110 Å². The van der Waals surface area contributed by atoms with Gasteiger partial charge in [0.05, 0.1) is 0 Å². The maximum atomic E-state index is 8.67. The molecule has 0 atom stereocenters. The Bertz CT molecular complexity index is 257. The average molecular weight is 483 g/mol. The normalized spacial score (nSPS) is 9.96. The van der Waals surface area contributed by atoms with Crippen LogP contribution in [-0.4, -0.2) is 11.7 Å². The van der Waals surface area contributed by atoms with Gasteiger partial charge in [-0.2, -0.15) is 7.82 Å². The molecule has 27 heavy (non-hydrogen) atoms. The third-order valence-corrected chi connectivity index (χ3v) is 4.01. The van der Waals surface area contributed by atoms with Gasteiger partial charge in [-0.1, -0.05) is 103 Å². The van der Waals surface area contributed by atoms with E-state index in [1.165, 1.54) is 96.3 Å². The third kappa shape index (κ3) is 59.1. The predicted octanol–water partition coefficient (Wildman–Crippen LogP) is -5.57. The molecule has 0 rings (SSSR count). The molecule has 1 N–H and O–H groups in total. The van der Waals surface area contributed by atoms with E-state index in [9.17, 15) is 0 Å². The van der Waals surface area contributed by atoms with E-state index in [1.54, 1.807) is 0 Å². The molecule has 0 saturated heterocycles. The zero-order valence-corrected chi connectivity index (χ0v) is 28.8. The van der Waals surface area contributed by atoms with Crippen LogP contribution in [0.3, 0.4) is 0 Å². The molecular weight excluding hydrogens is 444 g/mol. The first-order valence-electron chi connectivity index (χ1n) is 9.75. The number of aliphatic hydroxyl groups is 1. The van der Waals surface area contributed by atoms with Crippen molar-refractivity contribution >= 4 is 7.82 Å². The monoisotopic (exact) mass is 482 g/mol. The van der Waals surface area contributed by atoms with Gasteiger partial charge in [0, 0.05) is 6.61 Å². The minimum atomic E-state index is -5.39. The van der Waals surface area contributed by atoms with Crippen LogP contribution in [0.1, 0.15) is 110 Å². The minimum absolute atomic E-state index is 0. The van der Waals surface area contributed by atoms with Gasteiger partial charge in [-0.3, -0.25) is 0 Å². The molecule has 0 aliphatic heterocycles. The van der Waals surface area contributed by atoms with Crippen LogP contribution in [0.15, 0.2) is 0 Å². The summed E-state index contributed by atoms with van der Waals surface area (Å²) in [6.45, 7) is 2.66. The second-order valence-corrected chi connectivity index (χ2v) is 7.37. The van der Waals surface area contributed by atoms with Gasteiger partial charge in [0.2, 0.25) is 0 Å². The van der Waals surface area contributed by atoms with Crippen LogP contribution in [-0.2, 0) is 4.57 Å². The number of unbranched alkanes of at least 4 members (excludes halogenated alkanes) is 15. The molecule has 0 aromatic rings. The average Bonchev–Trinajstić information content (AvgIpc) is 2.49. The maximum absolute atomic E-state index is 8.67. The van der Waals surface area contributed by atoms with Crippen molar-refractivity contribution in [1.29, 1.82) is 0 Å². The molecule has 0 aromatic heterocycles. The fraction of sp³-hybridized carbons (Fsp3) is 1.00. The molecule has 0 saturated carbocycles. The van der Waals surface area contributed by atoms with Gasteiger partial charge in [0.1, 0.15) is 0 Å². The summed E-state index contributed by atoms with van der Waals surface area (Å²) >= 11 is 0. The van der Waals surface area contributed by atoms with Crippen LogP contribution in [0.4, 0.5) is 0 Å². The molecule has 0 fully saturated rings. The largest absolute Gasteiger partial charge is 1.00 e. The van der Waals surface area contributed by atoms with Gasteiger partial charge in [0.25, 0.3) is 0 Å². The standard InChI is InChI=1S/C18H38O.3K.H3O4P/c1-2-3-4-5-6-7-8-9-10-11-12-13-14-15-16-17-18-19;;;;1-5(2,3)4/h19H,2-18H2,1H3;;;;(H3,1,2,3,4)/q;3*+1;/p-3. The van der Waals surface area contributed by atoms with E-state index in [2.05, 4.69) is 6.92 Å².